The van der Waals surface area contributed by atoms with Gasteiger partial charge in [-0.1, -0.05) is 0 Å². The molecule has 2 heterocycles. The van der Waals surface area contributed by atoms with Crippen LogP contribution in [-0.2, 0) is 17.1 Å². The lowest BCUT2D eigenvalue weighted by molar-refractivity contribution is 0.182. The van der Waals surface area contributed by atoms with Gasteiger partial charge in [0.05, 0.1) is 12.3 Å². The summed E-state index contributed by atoms with van der Waals surface area (Å²) in [6.45, 7) is -0.0652. The summed E-state index contributed by atoms with van der Waals surface area (Å²) in [4.78, 5) is 0. The Balaban J connectivity index is 2.04. The maximum absolute atomic E-state index is 11.9. The Morgan fingerprint density at radius 1 is 1.56 bits per heavy atom. The van der Waals surface area contributed by atoms with Gasteiger partial charge in [-0.25, -0.2) is 13.1 Å². The fraction of sp³-hybridized carbons (Fsp3) is 0.300. The Morgan fingerprint density at radius 3 is 2.89 bits per heavy atom. The van der Waals surface area contributed by atoms with Crippen molar-refractivity contribution in [2.45, 2.75) is 11.1 Å². The van der Waals surface area contributed by atoms with Crippen LogP contribution in [0.25, 0.3) is 0 Å². The molecule has 0 aromatic carbocycles. The van der Waals surface area contributed by atoms with Gasteiger partial charge >= 0.3 is 0 Å². The summed E-state index contributed by atoms with van der Waals surface area (Å²) in [5.41, 5.74) is 0.702. The van der Waals surface area contributed by atoms with Crippen molar-refractivity contribution in [2.24, 2.45) is 7.05 Å². The molecule has 2 aromatic heterocycles. The second-order valence-corrected chi connectivity index (χ2v) is 6.21. The summed E-state index contributed by atoms with van der Waals surface area (Å²) in [6.07, 6.45) is 0.559. The minimum absolute atomic E-state index is 0.0652. The number of hydrogen-bond donors (Lipinski definition) is 2. The first kappa shape index (κ1) is 13.2. The fourth-order valence-electron chi connectivity index (χ4n) is 1.47. The molecule has 0 aliphatic heterocycles. The lowest BCUT2D eigenvalue weighted by Crippen LogP contribution is -2.29. The van der Waals surface area contributed by atoms with Crippen molar-refractivity contribution in [2.75, 3.05) is 6.54 Å². The zero-order valence-corrected chi connectivity index (χ0v) is 11.3. The largest absolute Gasteiger partial charge is 0.387 e. The number of sulfonamides is 1. The number of aliphatic hydroxyl groups excluding tert-OH is 1. The lowest BCUT2D eigenvalue weighted by Gasteiger charge is -2.11. The molecule has 2 N–H and O–H groups in total. The van der Waals surface area contributed by atoms with Crippen molar-refractivity contribution in [1.82, 2.24) is 14.5 Å². The van der Waals surface area contributed by atoms with Crippen LogP contribution in [0.15, 0.2) is 34.1 Å². The van der Waals surface area contributed by atoms with Crippen LogP contribution >= 0.6 is 11.3 Å². The SMILES string of the molecule is Cn1nccc1S(=O)(=O)NCC(O)c1ccsc1. The standard InChI is InChI=1S/C10H13N3O3S2/c1-13-10(2-4-11-13)18(15,16)12-6-9(14)8-3-5-17-7-8/h2-5,7,9,12,14H,6H2,1H3. The summed E-state index contributed by atoms with van der Waals surface area (Å²) >= 11 is 1.45. The van der Waals surface area contributed by atoms with E-state index in [1.807, 2.05) is 5.38 Å². The normalized spacial score (nSPS) is 13.7. The van der Waals surface area contributed by atoms with E-state index in [2.05, 4.69) is 9.82 Å². The number of nitrogens with one attached hydrogen (secondary N) is 1. The van der Waals surface area contributed by atoms with Crippen LogP contribution in [0.5, 0.6) is 0 Å². The number of nitrogens with zero attached hydrogens (tertiary/aromatic N) is 2. The molecule has 98 valence electrons. The number of aromatic nitrogens is 2. The molecular formula is C10H13N3O3S2. The van der Waals surface area contributed by atoms with Crippen molar-refractivity contribution >= 4 is 21.4 Å². The highest BCUT2D eigenvalue weighted by atomic mass is 32.2. The Bertz CT molecular complexity index is 604. The van der Waals surface area contributed by atoms with E-state index in [9.17, 15) is 13.5 Å². The number of aryl methyl sites for hydroxylation is 1. The first-order valence-corrected chi connectivity index (χ1v) is 7.61. The third-order valence-corrected chi connectivity index (χ3v) is 4.65. The van der Waals surface area contributed by atoms with Gasteiger partial charge in [-0.05, 0) is 28.5 Å². The van der Waals surface area contributed by atoms with Crippen LogP contribution in [0, 0.1) is 0 Å². The second-order valence-electron chi connectivity index (χ2n) is 3.72. The van der Waals surface area contributed by atoms with Crippen LogP contribution in [0.3, 0.4) is 0 Å². The van der Waals surface area contributed by atoms with E-state index >= 15 is 0 Å². The van der Waals surface area contributed by atoms with Gasteiger partial charge in [-0.15, -0.1) is 0 Å². The summed E-state index contributed by atoms with van der Waals surface area (Å²) in [5, 5.41) is 17.3. The molecule has 0 saturated carbocycles. The molecule has 0 aliphatic carbocycles. The first-order chi connectivity index (χ1) is 8.50. The fourth-order valence-corrected chi connectivity index (χ4v) is 3.34. The minimum atomic E-state index is -3.64. The first-order valence-electron chi connectivity index (χ1n) is 5.18. The monoisotopic (exact) mass is 287 g/mol. The van der Waals surface area contributed by atoms with E-state index in [4.69, 9.17) is 0 Å². The van der Waals surface area contributed by atoms with Crippen molar-refractivity contribution in [3.63, 3.8) is 0 Å². The van der Waals surface area contributed by atoms with Crippen LogP contribution in [0.4, 0.5) is 0 Å². The topological polar surface area (TPSA) is 84.2 Å². The Kier molecular flexibility index (Phi) is 3.81. The molecule has 0 amide bonds. The van der Waals surface area contributed by atoms with Gasteiger partial charge in [-0.2, -0.15) is 16.4 Å². The molecule has 0 saturated heterocycles. The molecule has 0 fully saturated rings. The average Bonchev–Trinajstić information content (AvgIpc) is 2.96. The van der Waals surface area contributed by atoms with E-state index < -0.39 is 16.1 Å². The van der Waals surface area contributed by atoms with Gasteiger partial charge in [0.15, 0.2) is 5.03 Å². The highest BCUT2D eigenvalue weighted by Gasteiger charge is 2.19. The second kappa shape index (κ2) is 5.19. The molecule has 2 rings (SSSR count). The van der Waals surface area contributed by atoms with Gasteiger partial charge < -0.3 is 5.11 Å². The minimum Gasteiger partial charge on any atom is -0.387 e. The van der Waals surface area contributed by atoms with Crippen molar-refractivity contribution in [3.05, 3.63) is 34.7 Å². The van der Waals surface area contributed by atoms with E-state index in [0.717, 1.165) is 0 Å². The predicted molar refractivity (Wildman–Crippen MR) is 67.7 cm³/mol. The van der Waals surface area contributed by atoms with E-state index in [1.165, 1.54) is 28.3 Å². The quantitative estimate of drug-likeness (QED) is 0.838. The van der Waals surface area contributed by atoms with Crippen molar-refractivity contribution in [3.8, 4) is 0 Å². The van der Waals surface area contributed by atoms with Crippen LogP contribution in [0.2, 0.25) is 0 Å². The maximum atomic E-state index is 11.9. The predicted octanol–water partition coefficient (Wildman–Crippen LogP) is 0.493. The molecule has 1 atom stereocenters. The van der Waals surface area contributed by atoms with Crippen molar-refractivity contribution in [1.29, 1.82) is 0 Å². The van der Waals surface area contributed by atoms with Crippen LogP contribution in [0.1, 0.15) is 11.7 Å². The van der Waals surface area contributed by atoms with Gasteiger partial charge in [0.2, 0.25) is 0 Å². The summed E-state index contributed by atoms with van der Waals surface area (Å²) < 4.78 is 27.4. The smallest absolute Gasteiger partial charge is 0.257 e. The van der Waals surface area contributed by atoms with Gasteiger partial charge in [0.1, 0.15) is 0 Å². The zero-order valence-electron chi connectivity index (χ0n) is 9.65. The van der Waals surface area contributed by atoms with Gasteiger partial charge in [-0.3, -0.25) is 4.68 Å². The molecule has 6 nitrogen and oxygen atoms in total. The Labute approximate surface area is 109 Å². The van der Waals surface area contributed by atoms with E-state index in [0.29, 0.717) is 5.56 Å². The highest BCUT2D eigenvalue weighted by molar-refractivity contribution is 7.89. The van der Waals surface area contributed by atoms with E-state index in [1.54, 1.807) is 18.5 Å². The Hall–Kier alpha value is -1.22. The highest BCUT2D eigenvalue weighted by Crippen LogP contribution is 2.16. The molecule has 0 radical (unpaired) electrons. The number of rotatable bonds is 5. The lowest BCUT2D eigenvalue weighted by atomic mass is 10.2. The molecule has 0 aliphatic rings. The van der Waals surface area contributed by atoms with Gasteiger partial charge in [0.25, 0.3) is 10.0 Å². The average molecular weight is 287 g/mol. The van der Waals surface area contributed by atoms with Gasteiger partial charge in [0, 0.05) is 13.6 Å². The number of hydrogen-bond acceptors (Lipinski definition) is 5. The third kappa shape index (κ3) is 2.78. The van der Waals surface area contributed by atoms with E-state index in [-0.39, 0.29) is 11.6 Å². The zero-order chi connectivity index (χ0) is 13.2. The maximum Gasteiger partial charge on any atom is 0.257 e. The summed E-state index contributed by atoms with van der Waals surface area (Å²) in [7, 11) is -2.09. The molecule has 1 unspecified atom stereocenters. The summed E-state index contributed by atoms with van der Waals surface area (Å²) in [5.74, 6) is 0. The summed E-state index contributed by atoms with van der Waals surface area (Å²) in [6, 6.07) is 3.16. The molecule has 2 aromatic rings. The Morgan fingerprint density at radius 2 is 2.33 bits per heavy atom. The number of thiophene rings is 1. The van der Waals surface area contributed by atoms with Crippen LogP contribution < -0.4 is 4.72 Å². The van der Waals surface area contributed by atoms with Crippen LogP contribution in [-0.4, -0.2) is 29.8 Å². The van der Waals surface area contributed by atoms with Crippen molar-refractivity contribution < 1.29 is 13.5 Å². The molecule has 18 heavy (non-hydrogen) atoms. The molecule has 0 spiro atoms. The molecule has 8 heteroatoms. The number of aliphatic hydroxyl groups is 1. The molecular weight excluding hydrogens is 274 g/mol. The third-order valence-electron chi connectivity index (χ3n) is 2.45. The molecule has 0 bridgehead atoms.